The van der Waals surface area contributed by atoms with E-state index in [0.717, 1.165) is 6.54 Å². The third kappa shape index (κ3) is 5.89. The zero-order valence-corrected chi connectivity index (χ0v) is 13.9. The van der Waals surface area contributed by atoms with Gasteiger partial charge in [-0.3, -0.25) is 9.79 Å². The number of carbonyl (C=O) groups is 1. The molecule has 0 aliphatic heterocycles. The summed E-state index contributed by atoms with van der Waals surface area (Å²) >= 11 is 0. The third-order valence-corrected chi connectivity index (χ3v) is 2.95. The number of nitrogens with one attached hydrogen (secondary N) is 2. The van der Waals surface area contributed by atoms with Crippen LogP contribution in [0.5, 0.6) is 0 Å². The van der Waals surface area contributed by atoms with Crippen LogP contribution in [0.15, 0.2) is 23.3 Å². The minimum absolute atomic E-state index is 0.0454. The number of aromatic nitrogens is 1. The zero-order valence-electron chi connectivity index (χ0n) is 13.9. The van der Waals surface area contributed by atoms with Gasteiger partial charge in [0.1, 0.15) is 0 Å². The molecule has 118 valence electrons. The minimum Gasteiger partial charge on any atom is -0.353 e. The second kappa shape index (κ2) is 7.15. The van der Waals surface area contributed by atoms with E-state index in [1.807, 2.05) is 52.0 Å². The fourth-order valence-electron chi connectivity index (χ4n) is 1.99. The van der Waals surface area contributed by atoms with Crippen molar-refractivity contribution in [3.63, 3.8) is 0 Å². The maximum Gasteiger partial charge on any atom is 0.239 e. The Morgan fingerprint density at radius 3 is 2.57 bits per heavy atom. The average molecular weight is 293 g/mol. The molecule has 1 aromatic heterocycles. The predicted molar refractivity (Wildman–Crippen MR) is 86.1 cm³/mol. The lowest BCUT2D eigenvalue weighted by Gasteiger charge is -2.24. The molecule has 0 bridgehead atoms. The highest BCUT2D eigenvalue weighted by Gasteiger charge is 2.15. The number of carbonyl (C=O) groups excluding carboxylic acids is 1. The molecule has 0 spiro atoms. The summed E-state index contributed by atoms with van der Waals surface area (Å²) in [7, 11) is 5.67. The summed E-state index contributed by atoms with van der Waals surface area (Å²) in [6, 6.07) is 4.08. The molecular formula is C15H27N5O. The highest BCUT2D eigenvalue weighted by molar-refractivity contribution is 5.86. The maximum atomic E-state index is 11.8. The first-order chi connectivity index (χ1) is 9.73. The molecule has 1 aromatic rings. The van der Waals surface area contributed by atoms with Gasteiger partial charge in [-0.15, -0.1) is 0 Å². The third-order valence-electron chi connectivity index (χ3n) is 2.95. The van der Waals surface area contributed by atoms with E-state index >= 15 is 0 Å². The first-order valence-corrected chi connectivity index (χ1v) is 7.06. The highest BCUT2D eigenvalue weighted by Crippen LogP contribution is 2.03. The normalized spacial score (nSPS) is 12.2. The van der Waals surface area contributed by atoms with Crippen molar-refractivity contribution in [2.24, 2.45) is 12.0 Å². The van der Waals surface area contributed by atoms with Gasteiger partial charge in [-0.25, -0.2) is 0 Å². The van der Waals surface area contributed by atoms with Gasteiger partial charge in [0.25, 0.3) is 0 Å². The number of hydrogen-bond donors (Lipinski definition) is 2. The van der Waals surface area contributed by atoms with Crippen molar-refractivity contribution >= 4 is 11.9 Å². The quantitative estimate of drug-likeness (QED) is 0.642. The van der Waals surface area contributed by atoms with Crippen molar-refractivity contribution in [2.45, 2.75) is 32.9 Å². The Hall–Kier alpha value is -1.98. The topological polar surface area (TPSA) is 61.7 Å². The van der Waals surface area contributed by atoms with E-state index in [1.165, 1.54) is 5.69 Å². The molecule has 0 aliphatic carbocycles. The molecule has 0 saturated heterocycles. The molecule has 0 aliphatic rings. The summed E-state index contributed by atoms with van der Waals surface area (Å²) in [5.41, 5.74) is 0.955. The van der Waals surface area contributed by atoms with Crippen LogP contribution >= 0.6 is 0 Å². The Morgan fingerprint density at radius 2 is 2.10 bits per heavy atom. The Morgan fingerprint density at radius 1 is 1.43 bits per heavy atom. The summed E-state index contributed by atoms with van der Waals surface area (Å²) in [5.74, 6) is 0.649. The monoisotopic (exact) mass is 293 g/mol. The largest absolute Gasteiger partial charge is 0.353 e. The second-order valence-electron chi connectivity index (χ2n) is 6.17. The van der Waals surface area contributed by atoms with Crippen molar-refractivity contribution in [3.05, 3.63) is 24.0 Å². The SMILES string of the molecule is CN=C(NCC(=O)NC(C)(C)C)N(C)Cc1cccn1C. The zero-order chi connectivity index (χ0) is 16.0. The molecule has 6 heteroatoms. The van der Waals surface area contributed by atoms with E-state index in [-0.39, 0.29) is 18.0 Å². The molecular weight excluding hydrogens is 266 g/mol. The van der Waals surface area contributed by atoms with Gasteiger partial charge in [0.2, 0.25) is 5.91 Å². The summed E-state index contributed by atoms with van der Waals surface area (Å²) in [4.78, 5) is 18.0. The van der Waals surface area contributed by atoms with Gasteiger partial charge in [0.15, 0.2) is 5.96 Å². The lowest BCUT2D eigenvalue weighted by atomic mass is 10.1. The number of hydrogen-bond acceptors (Lipinski definition) is 2. The molecule has 0 saturated carbocycles. The Kier molecular flexibility index (Phi) is 5.81. The Bertz CT molecular complexity index is 498. The number of amides is 1. The lowest BCUT2D eigenvalue weighted by molar-refractivity contribution is -0.121. The molecule has 0 fully saturated rings. The highest BCUT2D eigenvalue weighted by atomic mass is 16.2. The average Bonchev–Trinajstić information content (AvgIpc) is 2.73. The van der Waals surface area contributed by atoms with Crippen LogP contribution in [0.25, 0.3) is 0 Å². The van der Waals surface area contributed by atoms with Crippen molar-refractivity contribution < 1.29 is 4.79 Å². The molecule has 0 atom stereocenters. The molecule has 6 nitrogen and oxygen atoms in total. The first-order valence-electron chi connectivity index (χ1n) is 7.06. The number of aliphatic imine (C=N–C) groups is 1. The predicted octanol–water partition coefficient (Wildman–Crippen LogP) is 0.947. The van der Waals surface area contributed by atoms with Crippen LogP contribution in [0, 0.1) is 0 Å². The Labute approximate surface area is 127 Å². The summed E-state index contributed by atoms with van der Waals surface area (Å²) in [6.45, 7) is 6.81. The van der Waals surface area contributed by atoms with Gasteiger partial charge in [-0.2, -0.15) is 0 Å². The van der Waals surface area contributed by atoms with Crippen molar-refractivity contribution in [2.75, 3.05) is 20.6 Å². The molecule has 0 unspecified atom stereocenters. The van der Waals surface area contributed by atoms with Gasteiger partial charge in [0.05, 0.1) is 13.1 Å². The van der Waals surface area contributed by atoms with Crippen LogP contribution in [0.1, 0.15) is 26.5 Å². The summed E-state index contributed by atoms with van der Waals surface area (Å²) in [5, 5.41) is 5.99. The van der Waals surface area contributed by atoms with Gasteiger partial charge in [0, 0.05) is 38.6 Å². The van der Waals surface area contributed by atoms with Gasteiger partial charge in [-0.1, -0.05) is 0 Å². The van der Waals surface area contributed by atoms with Crippen molar-refractivity contribution in [3.8, 4) is 0 Å². The van der Waals surface area contributed by atoms with Crippen LogP contribution < -0.4 is 10.6 Å². The van der Waals surface area contributed by atoms with E-state index in [2.05, 4.69) is 26.3 Å². The van der Waals surface area contributed by atoms with Crippen LogP contribution in [-0.2, 0) is 18.4 Å². The summed E-state index contributed by atoms with van der Waals surface area (Å²) < 4.78 is 2.07. The molecule has 0 radical (unpaired) electrons. The second-order valence-corrected chi connectivity index (χ2v) is 6.17. The van der Waals surface area contributed by atoms with E-state index in [0.29, 0.717) is 5.96 Å². The number of aryl methyl sites for hydroxylation is 1. The smallest absolute Gasteiger partial charge is 0.239 e. The summed E-state index contributed by atoms with van der Waals surface area (Å²) in [6.07, 6.45) is 2.01. The van der Waals surface area contributed by atoms with Crippen molar-refractivity contribution in [1.82, 2.24) is 20.1 Å². The fourth-order valence-corrected chi connectivity index (χ4v) is 1.99. The van der Waals surface area contributed by atoms with Crippen LogP contribution in [-0.4, -0.2) is 47.5 Å². The van der Waals surface area contributed by atoms with Crippen LogP contribution in [0.4, 0.5) is 0 Å². The number of rotatable bonds is 4. The molecule has 0 aromatic carbocycles. The number of guanidine groups is 1. The molecule has 1 heterocycles. The number of nitrogens with zero attached hydrogens (tertiary/aromatic N) is 3. The van der Waals surface area contributed by atoms with Gasteiger partial charge in [-0.05, 0) is 32.9 Å². The van der Waals surface area contributed by atoms with Crippen molar-refractivity contribution in [1.29, 1.82) is 0 Å². The standard InChI is InChI=1S/C15H27N5O/c1-15(2,3)18-13(21)10-17-14(16-4)20(6)11-12-8-7-9-19(12)5/h7-9H,10-11H2,1-6H3,(H,16,17)(H,18,21). The molecule has 21 heavy (non-hydrogen) atoms. The fraction of sp³-hybridized carbons (Fsp3) is 0.600. The van der Waals surface area contributed by atoms with Gasteiger partial charge >= 0.3 is 0 Å². The van der Waals surface area contributed by atoms with E-state index < -0.39 is 0 Å². The van der Waals surface area contributed by atoms with Gasteiger partial charge < -0.3 is 20.1 Å². The van der Waals surface area contributed by atoms with Crippen LogP contribution in [0.3, 0.4) is 0 Å². The molecule has 2 N–H and O–H groups in total. The van der Waals surface area contributed by atoms with E-state index in [4.69, 9.17) is 0 Å². The first kappa shape index (κ1) is 17.1. The minimum atomic E-state index is -0.225. The van der Waals surface area contributed by atoms with E-state index in [9.17, 15) is 4.79 Å². The molecule has 1 rings (SSSR count). The molecule has 1 amide bonds. The lowest BCUT2D eigenvalue weighted by Crippen LogP contribution is -2.48. The van der Waals surface area contributed by atoms with Crippen LogP contribution in [0.2, 0.25) is 0 Å². The maximum absolute atomic E-state index is 11.8. The Balaban J connectivity index is 2.52. The van der Waals surface area contributed by atoms with E-state index in [1.54, 1.807) is 7.05 Å².